The van der Waals surface area contributed by atoms with Gasteiger partial charge < -0.3 is 0 Å². The monoisotopic (exact) mass is 424 g/mol. The summed E-state index contributed by atoms with van der Waals surface area (Å²) in [5.41, 5.74) is 5.26. The van der Waals surface area contributed by atoms with Crippen molar-refractivity contribution in [3.8, 4) is 0 Å². The molecule has 2 atom stereocenters. The Hall–Kier alpha value is -2.26. The molecule has 0 spiro atoms. The highest BCUT2D eigenvalue weighted by Crippen LogP contribution is 2.14. The second kappa shape index (κ2) is 19.1. The molecule has 0 saturated heterocycles. The topological polar surface area (TPSA) is 0 Å². The van der Waals surface area contributed by atoms with E-state index in [4.69, 9.17) is 0 Å². The van der Waals surface area contributed by atoms with Gasteiger partial charge in [-0.15, -0.1) is 18.5 Å². The third kappa shape index (κ3) is 20.3. The number of rotatable bonds is 10. The molecule has 2 unspecified atom stereocenters. The Balaban J connectivity index is -0.000000454. The van der Waals surface area contributed by atoms with Crippen molar-refractivity contribution in [2.45, 2.75) is 20.8 Å². The highest BCUT2D eigenvalue weighted by atomic mass is 31.0. The van der Waals surface area contributed by atoms with E-state index in [1.807, 2.05) is 57.2 Å². The quantitative estimate of drug-likeness (QED) is 0.242. The third-order valence-electron chi connectivity index (χ3n) is 3.10. The molecule has 0 radical (unpaired) electrons. The predicted molar refractivity (Wildman–Crippen MR) is 147 cm³/mol. The van der Waals surface area contributed by atoms with E-state index in [0.717, 1.165) is 44.1 Å². The molecule has 0 aromatic rings. The van der Waals surface area contributed by atoms with Crippen molar-refractivity contribution in [2.24, 2.45) is 0 Å². The fourth-order valence-electron chi connectivity index (χ4n) is 1.21. The Kier molecular flexibility index (Phi) is 20.7. The Morgan fingerprint density at radius 2 is 0.793 bits per heavy atom. The Morgan fingerprint density at radius 3 is 1.07 bits per heavy atom. The van der Waals surface area contributed by atoms with E-state index in [2.05, 4.69) is 77.7 Å². The van der Waals surface area contributed by atoms with Gasteiger partial charge in [-0.3, -0.25) is 0 Å². The van der Waals surface area contributed by atoms with Crippen LogP contribution in [0, 0.1) is 0 Å². The first kappa shape index (κ1) is 31.4. The SMILES string of the molecule is C=C(P)/C=C\C(=C)C(=C)/C=C\C(=C)C(=C)C.C=CC(=C)C(=C)/C=C\C(=C)P.CC. The lowest BCUT2D eigenvalue weighted by molar-refractivity contribution is 1.46. The lowest BCUT2D eigenvalue weighted by atomic mass is 10.1. The number of hydrogen-bond donors (Lipinski definition) is 0. The van der Waals surface area contributed by atoms with Crippen molar-refractivity contribution in [1.82, 2.24) is 0 Å². The summed E-state index contributed by atoms with van der Waals surface area (Å²) < 4.78 is 0. The zero-order chi connectivity index (χ0) is 23.6. The van der Waals surface area contributed by atoms with Crippen LogP contribution in [0.1, 0.15) is 20.8 Å². The van der Waals surface area contributed by atoms with Crippen LogP contribution in [-0.4, -0.2) is 0 Å². The molecule has 0 heterocycles. The highest BCUT2D eigenvalue weighted by Gasteiger charge is 1.93. The fraction of sp³-hybridized carbons (Fsp3) is 0.111. The first-order valence-electron chi connectivity index (χ1n) is 9.08. The van der Waals surface area contributed by atoms with Gasteiger partial charge >= 0.3 is 0 Å². The lowest BCUT2D eigenvalue weighted by Gasteiger charge is -2.00. The van der Waals surface area contributed by atoms with Gasteiger partial charge in [0.1, 0.15) is 0 Å². The Bertz CT molecular complexity index is 762. The van der Waals surface area contributed by atoms with Gasteiger partial charge in [-0.05, 0) is 45.4 Å². The molecule has 0 bridgehead atoms. The molecule has 0 aromatic heterocycles. The summed E-state index contributed by atoms with van der Waals surface area (Å²) in [6.45, 7) is 40.0. The van der Waals surface area contributed by atoms with E-state index in [0.29, 0.717) is 0 Å². The van der Waals surface area contributed by atoms with Crippen LogP contribution in [0.2, 0.25) is 0 Å². The molecule has 0 saturated carbocycles. The average Bonchev–Trinajstić information content (AvgIpc) is 2.68. The zero-order valence-electron chi connectivity index (χ0n) is 18.6. The molecule has 0 aliphatic carbocycles. The number of allylic oxidation sites excluding steroid dienone is 15. The van der Waals surface area contributed by atoms with Crippen molar-refractivity contribution < 1.29 is 0 Å². The summed E-state index contributed by atoms with van der Waals surface area (Å²) in [4.78, 5) is 0. The molecule has 0 aromatic carbocycles. The smallest absolute Gasteiger partial charge is 0.0262 e. The van der Waals surface area contributed by atoms with E-state index in [9.17, 15) is 0 Å². The van der Waals surface area contributed by atoms with Crippen LogP contribution in [0.15, 0.2) is 146 Å². The molecule has 156 valence electrons. The minimum atomic E-state index is 0.840. The molecule has 0 nitrogen and oxygen atoms in total. The maximum atomic E-state index is 3.92. The third-order valence-corrected chi connectivity index (χ3v) is 3.49. The largest absolute Gasteiger partial charge is 0.106 e. The second-order valence-corrected chi connectivity index (χ2v) is 7.24. The lowest BCUT2D eigenvalue weighted by Crippen LogP contribution is -1.80. The van der Waals surface area contributed by atoms with Crippen molar-refractivity contribution in [3.05, 3.63) is 146 Å². The van der Waals surface area contributed by atoms with Gasteiger partial charge in [0.05, 0.1) is 0 Å². The molecule has 0 aliphatic heterocycles. The van der Waals surface area contributed by atoms with Crippen LogP contribution in [0.3, 0.4) is 0 Å². The van der Waals surface area contributed by atoms with Crippen molar-refractivity contribution in [3.63, 3.8) is 0 Å². The average molecular weight is 425 g/mol. The van der Waals surface area contributed by atoms with Crippen molar-refractivity contribution >= 4 is 18.5 Å². The van der Waals surface area contributed by atoms with E-state index < -0.39 is 0 Å². The first-order chi connectivity index (χ1) is 13.4. The summed E-state index contributed by atoms with van der Waals surface area (Å²) in [5.74, 6) is 0. The van der Waals surface area contributed by atoms with Crippen molar-refractivity contribution in [1.29, 1.82) is 0 Å². The molecule has 0 aliphatic rings. The molecule has 0 amide bonds. The van der Waals surface area contributed by atoms with Gasteiger partial charge in [0.2, 0.25) is 0 Å². The van der Waals surface area contributed by atoms with Crippen LogP contribution in [0.25, 0.3) is 0 Å². The maximum absolute atomic E-state index is 3.92. The standard InChI is InChI=1S/C15H19P.C10H13P.C2H6/c1-11(2)12(3)7-8-13(4)14(5)9-10-15(6)16;1-5-8(2)9(3)6-7-10(4)11;1-2/h7-10H,1,3-6,16H2,2H3;5-7H,1-4,11H2;1-2H3/b8-7-,10-9-;7-6-;. The van der Waals surface area contributed by atoms with Crippen LogP contribution < -0.4 is 0 Å². The zero-order valence-corrected chi connectivity index (χ0v) is 20.9. The van der Waals surface area contributed by atoms with E-state index in [-0.39, 0.29) is 0 Å². The fourth-order valence-corrected chi connectivity index (χ4v) is 1.40. The van der Waals surface area contributed by atoms with Crippen LogP contribution in [0.4, 0.5) is 0 Å². The van der Waals surface area contributed by atoms with Gasteiger partial charge in [-0.2, -0.15) is 0 Å². The minimum Gasteiger partial charge on any atom is -0.106 e. The molecule has 0 N–H and O–H groups in total. The summed E-state index contributed by atoms with van der Waals surface area (Å²) in [7, 11) is 5.01. The Morgan fingerprint density at radius 1 is 0.517 bits per heavy atom. The van der Waals surface area contributed by atoms with Gasteiger partial charge in [0.15, 0.2) is 0 Å². The minimum absolute atomic E-state index is 0.840. The van der Waals surface area contributed by atoms with E-state index in [1.165, 1.54) is 0 Å². The summed E-state index contributed by atoms with van der Waals surface area (Å²) >= 11 is 0. The van der Waals surface area contributed by atoms with Crippen LogP contribution >= 0.6 is 18.5 Å². The maximum Gasteiger partial charge on any atom is -0.0262 e. The molecular formula is C27H38P2. The van der Waals surface area contributed by atoms with E-state index >= 15 is 0 Å². The van der Waals surface area contributed by atoms with Gasteiger partial charge in [0.25, 0.3) is 0 Å². The molecular weight excluding hydrogens is 386 g/mol. The molecule has 29 heavy (non-hydrogen) atoms. The number of hydrogen-bond acceptors (Lipinski definition) is 0. The summed E-state index contributed by atoms with van der Waals surface area (Å²) in [6.07, 6.45) is 12.9. The summed E-state index contributed by atoms with van der Waals surface area (Å²) in [5, 5.41) is 1.83. The van der Waals surface area contributed by atoms with Gasteiger partial charge in [-0.25, -0.2) is 0 Å². The Labute approximate surface area is 185 Å². The van der Waals surface area contributed by atoms with Gasteiger partial charge in [-0.1, -0.05) is 121 Å². The normalized spacial score (nSPS) is 9.69. The molecule has 0 rings (SSSR count). The molecule has 2 heteroatoms. The van der Waals surface area contributed by atoms with Crippen LogP contribution in [-0.2, 0) is 0 Å². The van der Waals surface area contributed by atoms with Gasteiger partial charge in [0, 0.05) is 0 Å². The second-order valence-electron chi connectivity index (χ2n) is 5.76. The molecule has 0 fully saturated rings. The predicted octanol–water partition coefficient (Wildman–Crippen LogP) is 8.99. The van der Waals surface area contributed by atoms with Crippen molar-refractivity contribution in [2.75, 3.05) is 0 Å². The summed E-state index contributed by atoms with van der Waals surface area (Å²) in [6, 6.07) is 0. The highest BCUT2D eigenvalue weighted by molar-refractivity contribution is 7.23. The van der Waals surface area contributed by atoms with E-state index in [1.54, 1.807) is 6.08 Å². The first-order valence-corrected chi connectivity index (χ1v) is 10.2. The van der Waals surface area contributed by atoms with Crippen LogP contribution in [0.5, 0.6) is 0 Å².